The Balaban J connectivity index is 3.01. The predicted molar refractivity (Wildman–Crippen MR) is 73.9 cm³/mol. The van der Waals surface area contributed by atoms with Crippen molar-refractivity contribution >= 4 is 23.3 Å². The molecule has 0 amide bonds. The monoisotopic (exact) mass is 268 g/mol. The van der Waals surface area contributed by atoms with E-state index in [4.69, 9.17) is 21.9 Å². The zero-order valence-corrected chi connectivity index (χ0v) is 10.6. The Bertz CT molecular complexity index is 484. The minimum atomic E-state index is -0.531. The maximum atomic E-state index is 13.7. The number of rotatable bonds is 5. The maximum absolute atomic E-state index is 13.7. The average Bonchev–Trinajstić information content (AvgIpc) is 2.32. The average molecular weight is 268 g/mol. The van der Waals surface area contributed by atoms with Gasteiger partial charge in [-0.3, -0.25) is 0 Å². The normalized spacial score (nSPS) is 11.2. The van der Waals surface area contributed by atoms with Crippen LogP contribution < -0.4 is 22.5 Å². The van der Waals surface area contributed by atoms with Gasteiger partial charge in [0.2, 0.25) is 5.96 Å². The number of aliphatic imine (C=N–C) groups is 2. The molecule has 8 heteroatoms. The minimum absolute atomic E-state index is 0.0427. The summed E-state index contributed by atoms with van der Waals surface area (Å²) in [6.45, 7) is 0.980. The molecule has 0 saturated carbocycles. The van der Waals surface area contributed by atoms with Gasteiger partial charge < -0.3 is 27.3 Å². The fourth-order valence-electron chi connectivity index (χ4n) is 1.33. The van der Waals surface area contributed by atoms with Crippen LogP contribution >= 0.6 is 0 Å². The molecular weight excluding hydrogens is 251 g/mol. The van der Waals surface area contributed by atoms with Gasteiger partial charge in [-0.2, -0.15) is 4.99 Å². The van der Waals surface area contributed by atoms with E-state index in [1.807, 2.05) is 0 Å². The van der Waals surface area contributed by atoms with Crippen molar-refractivity contribution < 1.29 is 9.13 Å². The number of para-hydroxylation sites is 1. The summed E-state index contributed by atoms with van der Waals surface area (Å²) >= 11 is 0. The van der Waals surface area contributed by atoms with Gasteiger partial charge in [0, 0.05) is 13.7 Å². The fraction of sp³-hybridized carbons (Fsp3) is 0.273. The molecule has 0 fully saturated rings. The topological polar surface area (TPSA) is 124 Å². The van der Waals surface area contributed by atoms with Crippen LogP contribution in [0.5, 0.6) is 0 Å². The van der Waals surface area contributed by atoms with Crippen molar-refractivity contribution in [2.24, 2.45) is 27.2 Å². The summed E-state index contributed by atoms with van der Waals surface area (Å²) in [6, 6.07) is 4.49. The largest absolute Gasteiger partial charge is 0.383 e. The highest BCUT2D eigenvalue weighted by Crippen LogP contribution is 2.27. The van der Waals surface area contributed by atoms with Crippen LogP contribution in [0.15, 0.2) is 28.2 Å². The summed E-state index contributed by atoms with van der Waals surface area (Å²) in [4.78, 5) is 7.38. The molecular formula is C11H17FN6O. The highest BCUT2D eigenvalue weighted by molar-refractivity contribution is 5.94. The van der Waals surface area contributed by atoms with Crippen molar-refractivity contribution in [3.8, 4) is 0 Å². The zero-order chi connectivity index (χ0) is 14.3. The third kappa shape index (κ3) is 4.80. The lowest BCUT2D eigenvalue weighted by Crippen LogP contribution is -2.26. The van der Waals surface area contributed by atoms with Crippen molar-refractivity contribution in [2.45, 2.75) is 0 Å². The molecule has 7 N–H and O–H groups in total. The first-order valence-corrected chi connectivity index (χ1v) is 5.49. The zero-order valence-electron chi connectivity index (χ0n) is 10.6. The second-order valence-electron chi connectivity index (χ2n) is 3.56. The molecule has 0 saturated heterocycles. The van der Waals surface area contributed by atoms with E-state index in [0.29, 0.717) is 18.8 Å². The standard InChI is InChI=1S/C11H17FN6O/c1-19-6-5-16-8-4-2-3-7(12)9(8)17-11(15)18-10(13)14/h2-4,16H,5-6H2,1H3,(H6,13,14,15,17,18). The van der Waals surface area contributed by atoms with Gasteiger partial charge in [-0.25, -0.2) is 9.38 Å². The van der Waals surface area contributed by atoms with Gasteiger partial charge in [-0.15, -0.1) is 0 Å². The molecule has 0 bridgehead atoms. The second-order valence-corrected chi connectivity index (χ2v) is 3.56. The number of nitrogens with one attached hydrogen (secondary N) is 1. The van der Waals surface area contributed by atoms with E-state index >= 15 is 0 Å². The van der Waals surface area contributed by atoms with Crippen molar-refractivity contribution in [3.63, 3.8) is 0 Å². The van der Waals surface area contributed by atoms with Crippen LogP contribution in [0, 0.1) is 5.82 Å². The van der Waals surface area contributed by atoms with E-state index in [1.165, 1.54) is 6.07 Å². The van der Waals surface area contributed by atoms with Gasteiger partial charge in [-0.05, 0) is 12.1 Å². The number of methoxy groups -OCH3 is 1. The number of nitrogens with zero attached hydrogens (tertiary/aromatic N) is 2. The van der Waals surface area contributed by atoms with Gasteiger partial charge in [0.1, 0.15) is 5.69 Å². The smallest absolute Gasteiger partial charge is 0.223 e. The maximum Gasteiger partial charge on any atom is 0.223 e. The molecule has 0 aromatic heterocycles. The summed E-state index contributed by atoms with van der Waals surface area (Å²) in [7, 11) is 1.57. The number of hydrogen-bond acceptors (Lipinski definition) is 3. The summed E-state index contributed by atoms with van der Waals surface area (Å²) in [5.41, 5.74) is 16.3. The lowest BCUT2D eigenvalue weighted by Gasteiger charge is -2.09. The first-order valence-electron chi connectivity index (χ1n) is 5.49. The predicted octanol–water partition coefficient (Wildman–Crippen LogP) is 0.104. The van der Waals surface area contributed by atoms with Crippen LogP contribution in [0.4, 0.5) is 15.8 Å². The Kier molecular flexibility index (Phi) is 5.55. The molecule has 0 aliphatic heterocycles. The summed E-state index contributed by atoms with van der Waals surface area (Å²) in [5, 5.41) is 2.98. The number of ether oxygens (including phenoxy) is 1. The molecule has 0 heterocycles. The highest BCUT2D eigenvalue weighted by atomic mass is 19.1. The Morgan fingerprint density at radius 2 is 2.11 bits per heavy atom. The Morgan fingerprint density at radius 1 is 1.37 bits per heavy atom. The van der Waals surface area contributed by atoms with Crippen molar-refractivity contribution in [1.29, 1.82) is 0 Å². The number of hydrogen-bond donors (Lipinski definition) is 4. The highest BCUT2D eigenvalue weighted by Gasteiger charge is 2.07. The SMILES string of the molecule is COCCNc1cccc(F)c1N=C(N)N=C(N)N. The van der Waals surface area contributed by atoms with E-state index in [-0.39, 0.29) is 17.6 Å². The summed E-state index contributed by atoms with van der Waals surface area (Å²) in [6.07, 6.45) is 0. The Morgan fingerprint density at radius 3 is 2.74 bits per heavy atom. The van der Waals surface area contributed by atoms with Crippen LogP contribution in [-0.4, -0.2) is 32.2 Å². The molecule has 0 aliphatic carbocycles. The quantitative estimate of drug-likeness (QED) is 0.342. The number of halogens is 1. The number of benzene rings is 1. The number of guanidine groups is 2. The van der Waals surface area contributed by atoms with Gasteiger partial charge in [0.05, 0.1) is 12.3 Å². The van der Waals surface area contributed by atoms with E-state index in [9.17, 15) is 4.39 Å². The molecule has 0 spiro atoms. The summed E-state index contributed by atoms with van der Waals surface area (Å²) in [5.74, 6) is -0.998. The number of anilines is 1. The third-order valence-electron chi connectivity index (χ3n) is 2.08. The van der Waals surface area contributed by atoms with E-state index in [1.54, 1.807) is 19.2 Å². The lowest BCUT2D eigenvalue weighted by atomic mass is 10.2. The molecule has 0 atom stereocenters. The van der Waals surface area contributed by atoms with Crippen LogP contribution in [0.1, 0.15) is 0 Å². The molecule has 0 radical (unpaired) electrons. The van der Waals surface area contributed by atoms with Crippen molar-refractivity contribution in [1.82, 2.24) is 0 Å². The van der Waals surface area contributed by atoms with Crippen molar-refractivity contribution in [2.75, 3.05) is 25.6 Å². The van der Waals surface area contributed by atoms with Crippen LogP contribution in [0.25, 0.3) is 0 Å². The van der Waals surface area contributed by atoms with E-state index in [2.05, 4.69) is 15.3 Å². The first kappa shape index (κ1) is 14.7. The number of nitrogens with two attached hydrogens (primary N) is 3. The molecule has 19 heavy (non-hydrogen) atoms. The van der Waals surface area contributed by atoms with Gasteiger partial charge >= 0.3 is 0 Å². The molecule has 0 unspecified atom stereocenters. The molecule has 104 valence electrons. The molecule has 1 rings (SSSR count). The van der Waals surface area contributed by atoms with Crippen LogP contribution in [0.2, 0.25) is 0 Å². The molecule has 7 nitrogen and oxygen atoms in total. The van der Waals surface area contributed by atoms with Gasteiger partial charge in [-0.1, -0.05) is 6.07 Å². The third-order valence-corrected chi connectivity index (χ3v) is 2.08. The first-order chi connectivity index (χ1) is 9.04. The fourth-order valence-corrected chi connectivity index (χ4v) is 1.33. The van der Waals surface area contributed by atoms with Gasteiger partial charge in [0.25, 0.3) is 0 Å². The molecule has 1 aromatic rings. The van der Waals surface area contributed by atoms with E-state index < -0.39 is 5.82 Å². The van der Waals surface area contributed by atoms with Crippen molar-refractivity contribution in [3.05, 3.63) is 24.0 Å². The van der Waals surface area contributed by atoms with Gasteiger partial charge in [0.15, 0.2) is 11.8 Å². The Hall–Kier alpha value is -2.35. The summed E-state index contributed by atoms with van der Waals surface area (Å²) < 4.78 is 18.6. The van der Waals surface area contributed by atoms with Crippen LogP contribution in [-0.2, 0) is 4.74 Å². The van der Waals surface area contributed by atoms with Crippen LogP contribution in [0.3, 0.4) is 0 Å². The minimum Gasteiger partial charge on any atom is -0.383 e. The second kappa shape index (κ2) is 7.17. The molecule has 0 aliphatic rings. The van der Waals surface area contributed by atoms with E-state index in [0.717, 1.165) is 0 Å². The Labute approximate surface area is 110 Å². The lowest BCUT2D eigenvalue weighted by molar-refractivity contribution is 0.211. The molecule has 1 aromatic carbocycles.